The summed E-state index contributed by atoms with van der Waals surface area (Å²) < 4.78 is 3.60. The first-order valence-corrected chi connectivity index (χ1v) is 26.8. The van der Waals surface area contributed by atoms with Crippen molar-refractivity contribution in [3.8, 4) is 17.2 Å². The van der Waals surface area contributed by atoms with Crippen molar-refractivity contribution < 1.29 is 15.3 Å². The van der Waals surface area contributed by atoms with Crippen LogP contribution in [0.15, 0.2) is 50.8 Å². The van der Waals surface area contributed by atoms with Gasteiger partial charge in [-0.15, -0.1) is 0 Å². The van der Waals surface area contributed by atoms with Crippen LogP contribution in [-0.4, -0.2) is 29.0 Å². The van der Waals surface area contributed by atoms with Gasteiger partial charge in [0.1, 0.15) is 17.2 Å². The fraction of sp³-hybridized carbons (Fsp3) is 0.650. The predicted octanol–water partition coefficient (Wildman–Crippen LogP) is 13.9. The lowest BCUT2D eigenvalue weighted by molar-refractivity contribution is 0.367. The Morgan fingerprint density at radius 2 is 0.435 bits per heavy atom. The second kappa shape index (κ2) is 21.9. The van der Waals surface area contributed by atoms with Gasteiger partial charge in [0.25, 0.3) is 0 Å². The normalized spacial score (nSPS) is 13.1. The SMILES string of the molecule is CCC(C)(CC)c1cc(Cn2c(=O)n(Cc3cc(C(C)(CC)CC)c(O)c(C(C)(CC)CC)c3)c(=O)n(Cc3cc(C(C)(CC)CC)c(O)c(C(C)(CC)CC)c3)c2=O)cc(C(C)(CC)CC)c1O. The summed E-state index contributed by atoms with van der Waals surface area (Å²) in [6.45, 7) is 38.0. The zero-order valence-corrected chi connectivity index (χ0v) is 46.5. The highest BCUT2D eigenvalue weighted by Gasteiger charge is 2.37. The van der Waals surface area contributed by atoms with E-state index in [2.05, 4.69) is 125 Å². The number of phenolic OH excluding ortho intramolecular Hbond substituents is 3. The standard InChI is InChI=1S/C60H93N3O6/c1-19-55(13,20-2)43-31-40(32-44(49(43)64)56(14,21-3)22-4)37-61-52(67)62(38-41-33-45(57(15,23-5)24-6)50(65)46(34-41)58(16,25-7)26-8)54(69)63(53(61)68)39-42-35-47(59(17,27-9)28-10)51(66)48(36-42)60(18,29-11)30-12/h31-36,64-66H,19-30,37-39H2,1-18H3. The zero-order chi connectivity index (χ0) is 52.2. The lowest BCUT2D eigenvalue weighted by Gasteiger charge is -2.35. The van der Waals surface area contributed by atoms with E-state index in [1.165, 1.54) is 13.7 Å². The second-order valence-electron chi connectivity index (χ2n) is 22.3. The molecule has 0 unspecified atom stereocenters. The summed E-state index contributed by atoms with van der Waals surface area (Å²) in [7, 11) is 0. The van der Waals surface area contributed by atoms with Gasteiger partial charge in [-0.05, 0) is 163 Å². The fourth-order valence-corrected chi connectivity index (χ4v) is 10.5. The first kappa shape index (κ1) is 57.1. The van der Waals surface area contributed by atoms with E-state index in [0.29, 0.717) is 16.7 Å². The van der Waals surface area contributed by atoms with Crippen molar-refractivity contribution >= 4 is 0 Å². The maximum absolute atomic E-state index is 15.3. The molecular weight excluding hydrogens is 859 g/mol. The highest BCUT2D eigenvalue weighted by Crippen LogP contribution is 2.48. The number of benzene rings is 3. The van der Waals surface area contributed by atoms with Crippen LogP contribution >= 0.6 is 0 Å². The third-order valence-corrected chi connectivity index (χ3v) is 19.2. The van der Waals surface area contributed by atoms with Crippen molar-refractivity contribution in [3.05, 3.63) is 118 Å². The van der Waals surface area contributed by atoms with Gasteiger partial charge < -0.3 is 15.3 Å². The molecule has 0 radical (unpaired) electrons. The van der Waals surface area contributed by atoms with E-state index in [1.807, 2.05) is 36.4 Å². The molecule has 384 valence electrons. The maximum atomic E-state index is 15.3. The molecule has 0 atom stereocenters. The number of phenols is 3. The summed E-state index contributed by atoms with van der Waals surface area (Å²) in [5, 5.41) is 36.4. The molecule has 1 aromatic heterocycles. The number of aromatic nitrogens is 3. The van der Waals surface area contributed by atoms with Crippen LogP contribution in [0.3, 0.4) is 0 Å². The third-order valence-electron chi connectivity index (χ3n) is 19.2. The van der Waals surface area contributed by atoms with Crippen LogP contribution in [0.1, 0.15) is 252 Å². The number of aromatic hydroxyl groups is 3. The highest BCUT2D eigenvalue weighted by molar-refractivity contribution is 5.53. The lowest BCUT2D eigenvalue weighted by Crippen LogP contribution is -2.55. The van der Waals surface area contributed by atoms with Gasteiger partial charge in [-0.2, -0.15) is 0 Å². The molecular formula is C60H93N3O6. The summed E-state index contributed by atoms with van der Waals surface area (Å²) >= 11 is 0. The molecule has 9 heteroatoms. The Morgan fingerprint density at radius 3 is 0.551 bits per heavy atom. The number of rotatable bonds is 24. The Labute approximate surface area is 416 Å². The van der Waals surface area contributed by atoms with Crippen molar-refractivity contribution in [3.63, 3.8) is 0 Å². The Bertz CT molecular complexity index is 2170. The molecule has 3 N–H and O–H groups in total. The molecule has 0 aliphatic carbocycles. The molecule has 9 nitrogen and oxygen atoms in total. The molecule has 4 aromatic rings. The zero-order valence-electron chi connectivity index (χ0n) is 46.5. The number of nitrogens with zero attached hydrogens (tertiary/aromatic N) is 3. The average molecular weight is 952 g/mol. The Kier molecular flexibility index (Phi) is 18.1. The molecule has 0 aliphatic heterocycles. The molecule has 0 saturated heterocycles. The summed E-state index contributed by atoms with van der Waals surface area (Å²) in [4.78, 5) is 45.9. The van der Waals surface area contributed by atoms with Crippen molar-refractivity contribution in [2.45, 2.75) is 254 Å². The molecule has 0 spiro atoms. The van der Waals surface area contributed by atoms with Crippen LogP contribution in [0.2, 0.25) is 0 Å². The van der Waals surface area contributed by atoms with Crippen LogP contribution in [0.25, 0.3) is 0 Å². The van der Waals surface area contributed by atoms with Crippen molar-refractivity contribution in [2.75, 3.05) is 0 Å². The van der Waals surface area contributed by atoms with E-state index in [1.54, 1.807) is 0 Å². The predicted molar refractivity (Wildman–Crippen MR) is 288 cm³/mol. The molecule has 0 fully saturated rings. The fourth-order valence-electron chi connectivity index (χ4n) is 10.5. The van der Waals surface area contributed by atoms with Crippen LogP contribution in [0, 0.1) is 0 Å². The van der Waals surface area contributed by atoms with Gasteiger partial charge >= 0.3 is 17.1 Å². The minimum Gasteiger partial charge on any atom is -0.507 e. The Hall–Kier alpha value is -4.53. The quantitative estimate of drug-likeness (QED) is 0.0642. The smallest absolute Gasteiger partial charge is 0.336 e. The summed E-state index contributed by atoms with van der Waals surface area (Å²) in [6, 6.07) is 11.7. The van der Waals surface area contributed by atoms with Gasteiger partial charge in [0.05, 0.1) is 19.6 Å². The van der Waals surface area contributed by atoms with E-state index in [-0.39, 0.29) is 69.4 Å². The van der Waals surface area contributed by atoms with Gasteiger partial charge in [-0.1, -0.05) is 125 Å². The van der Waals surface area contributed by atoms with Crippen LogP contribution in [0.4, 0.5) is 0 Å². The molecule has 1 heterocycles. The van der Waals surface area contributed by atoms with Gasteiger partial charge in [-0.3, -0.25) is 0 Å². The third kappa shape index (κ3) is 10.5. The monoisotopic (exact) mass is 952 g/mol. The van der Waals surface area contributed by atoms with Crippen LogP contribution in [0.5, 0.6) is 17.2 Å². The van der Waals surface area contributed by atoms with Crippen molar-refractivity contribution in [1.82, 2.24) is 13.7 Å². The topological polar surface area (TPSA) is 127 Å². The van der Waals surface area contributed by atoms with Crippen LogP contribution < -0.4 is 17.1 Å². The molecule has 4 rings (SSSR count). The van der Waals surface area contributed by atoms with Gasteiger partial charge in [0.2, 0.25) is 0 Å². The number of hydrogen-bond donors (Lipinski definition) is 3. The Morgan fingerprint density at radius 1 is 0.304 bits per heavy atom. The van der Waals surface area contributed by atoms with E-state index < -0.39 is 17.1 Å². The Balaban J connectivity index is 2.23. The molecule has 0 amide bonds. The summed E-state index contributed by atoms with van der Waals surface area (Å²) in [5.74, 6) is 0.787. The average Bonchev–Trinajstić information content (AvgIpc) is 3.37. The second-order valence-corrected chi connectivity index (χ2v) is 22.3. The molecule has 69 heavy (non-hydrogen) atoms. The lowest BCUT2D eigenvalue weighted by atomic mass is 9.71. The minimum absolute atomic E-state index is 0.121. The summed E-state index contributed by atoms with van der Waals surface area (Å²) in [6.07, 6.45) is 9.26. The first-order chi connectivity index (χ1) is 32.3. The van der Waals surface area contributed by atoms with Crippen molar-refractivity contribution in [2.24, 2.45) is 0 Å². The van der Waals surface area contributed by atoms with Gasteiger partial charge in [-0.25, -0.2) is 28.1 Å². The van der Waals surface area contributed by atoms with Gasteiger partial charge in [0, 0.05) is 33.4 Å². The molecule has 0 bridgehead atoms. The molecule has 0 saturated carbocycles. The van der Waals surface area contributed by atoms with E-state index in [9.17, 15) is 15.3 Å². The highest BCUT2D eigenvalue weighted by atomic mass is 16.3. The van der Waals surface area contributed by atoms with E-state index >= 15 is 14.4 Å². The maximum Gasteiger partial charge on any atom is 0.336 e. The molecule has 3 aromatic carbocycles. The van der Waals surface area contributed by atoms with E-state index in [4.69, 9.17) is 0 Å². The van der Waals surface area contributed by atoms with Crippen molar-refractivity contribution in [1.29, 1.82) is 0 Å². The number of hydrogen-bond acceptors (Lipinski definition) is 6. The van der Waals surface area contributed by atoms with E-state index in [0.717, 1.165) is 110 Å². The first-order valence-electron chi connectivity index (χ1n) is 26.8. The molecule has 0 aliphatic rings. The van der Waals surface area contributed by atoms with Crippen LogP contribution in [-0.2, 0) is 52.1 Å². The summed E-state index contributed by atoms with van der Waals surface area (Å²) in [5.41, 5.74) is 2.40. The minimum atomic E-state index is -0.722. The largest absolute Gasteiger partial charge is 0.507 e. The van der Waals surface area contributed by atoms with Gasteiger partial charge in [0.15, 0.2) is 0 Å².